The van der Waals surface area contributed by atoms with Gasteiger partial charge in [0.2, 0.25) is 0 Å². The van der Waals surface area contributed by atoms with E-state index in [-0.39, 0.29) is 0 Å². The third kappa shape index (κ3) is 3.16. The molecule has 0 aromatic heterocycles. The molecule has 4 nitrogen and oxygen atoms in total. The highest BCUT2D eigenvalue weighted by atomic mass is 32.2. The van der Waals surface area contributed by atoms with E-state index in [2.05, 4.69) is 10.2 Å². The number of rotatable bonds is 4. The van der Waals surface area contributed by atoms with Gasteiger partial charge in [-0.2, -0.15) is 0 Å². The lowest BCUT2D eigenvalue weighted by Gasteiger charge is -2.16. The molecule has 2 fully saturated rings. The average molecular weight is 232 g/mol. The molecule has 1 N–H and O–H groups in total. The van der Waals surface area contributed by atoms with Gasteiger partial charge in [-0.05, 0) is 37.9 Å². The molecule has 0 aliphatic carbocycles. The van der Waals surface area contributed by atoms with Crippen LogP contribution in [0.4, 0.5) is 0 Å². The fourth-order valence-electron chi connectivity index (χ4n) is 2.69. The quantitative estimate of drug-likeness (QED) is 0.715. The fraction of sp³-hybridized carbons (Fsp3) is 1.00. The Morgan fingerprint density at radius 2 is 1.87 bits per heavy atom. The minimum absolute atomic E-state index is 0.330. The average Bonchev–Trinajstić information content (AvgIpc) is 2.60. The zero-order chi connectivity index (χ0) is 10.9. The first-order valence-electron chi connectivity index (χ1n) is 5.65. The molecular formula is C10H20N2O2S. The van der Waals surface area contributed by atoms with E-state index < -0.39 is 9.84 Å². The number of fused-ring (bicyclic) bond motifs is 1. The van der Waals surface area contributed by atoms with Crippen molar-refractivity contribution in [2.75, 3.05) is 44.7 Å². The third-order valence-corrected chi connectivity index (χ3v) is 4.48. The second-order valence-corrected chi connectivity index (χ2v) is 7.18. The van der Waals surface area contributed by atoms with Crippen molar-refractivity contribution in [3.05, 3.63) is 0 Å². The molecule has 0 spiro atoms. The molecule has 88 valence electrons. The molecule has 2 atom stereocenters. The topological polar surface area (TPSA) is 49.4 Å². The van der Waals surface area contributed by atoms with Crippen molar-refractivity contribution in [3.63, 3.8) is 0 Å². The van der Waals surface area contributed by atoms with Gasteiger partial charge in [0.25, 0.3) is 0 Å². The second kappa shape index (κ2) is 4.39. The van der Waals surface area contributed by atoms with Crippen molar-refractivity contribution < 1.29 is 8.42 Å². The van der Waals surface area contributed by atoms with Crippen molar-refractivity contribution in [1.82, 2.24) is 10.2 Å². The SMILES string of the molecule is CS(=O)(=O)CCCN1C[C@H]2CNC[C@H]2C1. The van der Waals surface area contributed by atoms with Gasteiger partial charge in [0.15, 0.2) is 0 Å². The number of nitrogens with zero attached hydrogens (tertiary/aromatic N) is 1. The molecule has 0 bridgehead atoms. The third-order valence-electron chi connectivity index (χ3n) is 3.45. The van der Waals surface area contributed by atoms with Gasteiger partial charge in [-0.1, -0.05) is 0 Å². The van der Waals surface area contributed by atoms with E-state index in [0.29, 0.717) is 5.75 Å². The molecule has 0 aromatic carbocycles. The van der Waals surface area contributed by atoms with Gasteiger partial charge in [-0.15, -0.1) is 0 Å². The van der Waals surface area contributed by atoms with E-state index in [1.807, 2.05) is 0 Å². The van der Waals surface area contributed by atoms with Crippen LogP contribution in [0.1, 0.15) is 6.42 Å². The van der Waals surface area contributed by atoms with Gasteiger partial charge < -0.3 is 10.2 Å². The smallest absolute Gasteiger partial charge is 0.147 e. The predicted octanol–water partition coefficient (Wildman–Crippen LogP) is -0.428. The summed E-state index contributed by atoms with van der Waals surface area (Å²) >= 11 is 0. The maximum absolute atomic E-state index is 11.0. The van der Waals surface area contributed by atoms with Crippen molar-refractivity contribution in [1.29, 1.82) is 0 Å². The lowest BCUT2D eigenvalue weighted by Crippen LogP contribution is -2.27. The molecule has 0 aromatic rings. The van der Waals surface area contributed by atoms with E-state index in [1.165, 1.54) is 6.26 Å². The Kier molecular flexibility index (Phi) is 3.33. The maximum Gasteiger partial charge on any atom is 0.147 e. The molecule has 5 heteroatoms. The summed E-state index contributed by atoms with van der Waals surface area (Å²) in [6.45, 7) is 5.55. The molecule has 2 aliphatic rings. The van der Waals surface area contributed by atoms with E-state index in [0.717, 1.165) is 51.0 Å². The zero-order valence-corrected chi connectivity index (χ0v) is 10.1. The Hall–Kier alpha value is -0.130. The molecular weight excluding hydrogens is 212 g/mol. The molecule has 0 amide bonds. The first kappa shape index (κ1) is 11.4. The van der Waals surface area contributed by atoms with Crippen LogP contribution in [0, 0.1) is 11.8 Å². The monoisotopic (exact) mass is 232 g/mol. The molecule has 2 aliphatic heterocycles. The highest BCUT2D eigenvalue weighted by molar-refractivity contribution is 7.90. The van der Waals surface area contributed by atoms with Gasteiger partial charge in [0, 0.05) is 19.3 Å². The standard InChI is InChI=1S/C10H20N2O2S/c1-15(13,14)4-2-3-12-7-9-5-11-6-10(9)8-12/h9-11H,2-8H2,1H3/t9-,10+. The van der Waals surface area contributed by atoms with Crippen molar-refractivity contribution in [2.24, 2.45) is 11.8 Å². The van der Waals surface area contributed by atoms with Crippen LogP contribution in [0.3, 0.4) is 0 Å². The predicted molar refractivity (Wildman–Crippen MR) is 60.6 cm³/mol. The normalized spacial score (nSPS) is 32.1. The largest absolute Gasteiger partial charge is 0.316 e. The fourth-order valence-corrected chi connectivity index (χ4v) is 3.34. The molecule has 2 saturated heterocycles. The van der Waals surface area contributed by atoms with Crippen LogP contribution in [-0.2, 0) is 9.84 Å². The van der Waals surface area contributed by atoms with Crippen molar-refractivity contribution in [2.45, 2.75) is 6.42 Å². The van der Waals surface area contributed by atoms with Crippen LogP contribution in [0.25, 0.3) is 0 Å². The number of likely N-dealkylation sites (tertiary alicyclic amines) is 1. The van der Waals surface area contributed by atoms with E-state index in [9.17, 15) is 8.42 Å². The first-order valence-corrected chi connectivity index (χ1v) is 7.71. The Bertz CT molecular complexity index is 303. The van der Waals surface area contributed by atoms with E-state index in [4.69, 9.17) is 0 Å². The summed E-state index contributed by atoms with van der Waals surface area (Å²) in [7, 11) is -2.77. The highest BCUT2D eigenvalue weighted by Crippen LogP contribution is 2.25. The Balaban J connectivity index is 1.69. The molecule has 2 heterocycles. The Morgan fingerprint density at radius 1 is 1.27 bits per heavy atom. The minimum atomic E-state index is -2.77. The van der Waals surface area contributed by atoms with Crippen LogP contribution in [-0.4, -0.2) is 58.1 Å². The van der Waals surface area contributed by atoms with Gasteiger partial charge in [0.05, 0.1) is 5.75 Å². The summed E-state index contributed by atoms with van der Waals surface area (Å²) in [4.78, 5) is 2.42. The van der Waals surface area contributed by atoms with E-state index >= 15 is 0 Å². The molecule has 0 unspecified atom stereocenters. The summed E-state index contributed by atoms with van der Waals surface area (Å²) in [5.74, 6) is 1.95. The molecule has 15 heavy (non-hydrogen) atoms. The van der Waals surface area contributed by atoms with Crippen molar-refractivity contribution >= 4 is 9.84 Å². The second-order valence-electron chi connectivity index (χ2n) is 4.92. The summed E-state index contributed by atoms with van der Waals surface area (Å²) in [5.41, 5.74) is 0. The molecule has 0 radical (unpaired) electrons. The van der Waals surface area contributed by atoms with Crippen LogP contribution >= 0.6 is 0 Å². The van der Waals surface area contributed by atoms with Crippen LogP contribution in [0.5, 0.6) is 0 Å². The van der Waals surface area contributed by atoms with Gasteiger partial charge in [0.1, 0.15) is 9.84 Å². The number of nitrogens with one attached hydrogen (secondary N) is 1. The highest BCUT2D eigenvalue weighted by Gasteiger charge is 2.35. The minimum Gasteiger partial charge on any atom is -0.316 e. The first-order chi connectivity index (χ1) is 7.04. The number of sulfone groups is 1. The Labute approximate surface area is 91.9 Å². The summed E-state index contributed by atoms with van der Waals surface area (Å²) in [5, 5.41) is 3.40. The summed E-state index contributed by atoms with van der Waals surface area (Å²) in [6.07, 6.45) is 2.10. The van der Waals surface area contributed by atoms with E-state index in [1.54, 1.807) is 0 Å². The number of hydrogen-bond donors (Lipinski definition) is 1. The van der Waals surface area contributed by atoms with Gasteiger partial charge in [-0.25, -0.2) is 8.42 Å². The van der Waals surface area contributed by atoms with Gasteiger partial charge in [-0.3, -0.25) is 0 Å². The molecule has 2 rings (SSSR count). The van der Waals surface area contributed by atoms with Crippen LogP contribution in [0.2, 0.25) is 0 Å². The zero-order valence-electron chi connectivity index (χ0n) is 9.28. The van der Waals surface area contributed by atoms with Crippen LogP contribution < -0.4 is 5.32 Å². The molecule has 0 saturated carbocycles. The van der Waals surface area contributed by atoms with Gasteiger partial charge >= 0.3 is 0 Å². The Morgan fingerprint density at radius 3 is 2.40 bits per heavy atom. The number of hydrogen-bond acceptors (Lipinski definition) is 4. The maximum atomic E-state index is 11.0. The van der Waals surface area contributed by atoms with Crippen LogP contribution in [0.15, 0.2) is 0 Å². The summed E-state index contributed by atoms with van der Waals surface area (Å²) < 4.78 is 21.9. The van der Waals surface area contributed by atoms with Crippen molar-refractivity contribution in [3.8, 4) is 0 Å². The lowest BCUT2D eigenvalue weighted by molar-refractivity contribution is 0.314. The summed E-state index contributed by atoms with van der Waals surface area (Å²) in [6, 6.07) is 0. The lowest BCUT2D eigenvalue weighted by atomic mass is 10.0.